The SMILES string of the molecule is Nc1ncc(-c2cccc(OC(F)(F)F)c2)cc1O. The number of anilines is 1. The molecule has 0 bridgehead atoms. The molecule has 0 aliphatic carbocycles. The van der Waals surface area contributed by atoms with E-state index in [2.05, 4.69) is 9.72 Å². The Morgan fingerprint density at radius 2 is 1.89 bits per heavy atom. The number of nitrogens with zero attached hydrogens (tertiary/aromatic N) is 1. The third kappa shape index (κ3) is 3.27. The van der Waals surface area contributed by atoms with E-state index >= 15 is 0 Å². The van der Waals surface area contributed by atoms with Crippen molar-refractivity contribution >= 4 is 5.82 Å². The molecular weight excluding hydrogens is 261 g/mol. The predicted molar refractivity (Wildman–Crippen MR) is 62.4 cm³/mol. The number of nitrogens with two attached hydrogens (primary N) is 1. The van der Waals surface area contributed by atoms with Gasteiger partial charge in [0.2, 0.25) is 0 Å². The van der Waals surface area contributed by atoms with Crippen molar-refractivity contribution in [3.05, 3.63) is 36.5 Å². The van der Waals surface area contributed by atoms with Gasteiger partial charge in [-0.05, 0) is 23.8 Å². The molecule has 0 saturated heterocycles. The molecule has 1 aromatic carbocycles. The second kappa shape index (κ2) is 4.68. The maximum Gasteiger partial charge on any atom is 0.573 e. The van der Waals surface area contributed by atoms with Gasteiger partial charge in [0.1, 0.15) is 5.75 Å². The Balaban J connectivity index is 2.35. The predicted octanol–water partition coefficient (Wildman–Crippen LogP) is 2.94. The van der Waals surface area contributed by atoms with E-state index in [9.17, 15) is 18.3 Å². The van der Waals surface area contributed by atoms with E-state index in [1.165, 1.54) is 30.5 Å². The van der Waals surface area contributed by atoms with Gasteiger partial charge >= 0.3 is 6.36 Å². The number of aromatic hydroxyl groups is 1. The number of benzene rings is 1. The van der Waals surface area contributed by atoms with Crippen molar-refractivity contribution < 1.29 is 23.0 Å². The topological polar surface area (TPSA) is 68.4 Å². The van der Waals surface area contributed by atoms with Crippen LogP contribution < -0.4 is 10.5 Å². The molecule has 0 amide bonds. The molecule has 0 aliphatic rings. The first-order valence-corrected chi connectivity index (χ1v) is 5.16. The van der Waals surface area contributed by atoms with Gasteiger partial charge < -0.3 is 15.6 Å². The lowest BCUT2D eigenvalue weighted by Gasteiger charge is -2.10. The standard InChI is InChI=1S/C12H9F3N2O2/c13-12(14,15)19-9-3-1-2-7(4-9)8-5-10(18)11(16)17-6-8/h1-6,18H,(H2,16,17). The second-order valence-corrected chi connectivity index (χ2v) is 3.70. The molecule has 4 nitrogen and oxygen atoms in total. The number of halogens is 3. The smallest absolute Gasteiger partial charge is 0.504 e. The van der Waals surface area contributed by atoms with Crippen LogP contribution in [0.5, 0.6) is 11.5 Å². The van der Waals surface area contributed by atoms with Crippen LogP contribution >= 0.6 is 0 Å². The van der Waals surface area contributed by atoms with Crippen LogP contribution in [0.25, 0.3) is 11.1 Å². The number of hydrogen-bond acceptors (Lipinski definition) is 4. The van der Waals surface area contributed by atoms with Crippen molar-refractivity contribution in [1.82, 2.24) is 4.98 Å². The Hall–Kier alpha value is -2.44. The quantitative estimate of drug-likeness (QED) is 0.880. The van der Waals surface area contributed by atoms with Crippen LogP contribution in [0.3, 0.4) is 0 Å². The molecule has 0 unspecified atom stereocenters. The van der Waals surface area contributed by atoms with Gasteiger partial charge in [0.25, 0.3) is 0 Å². The van der Waals surface area contributed by atoms with Gasteiger partial charge in [-0.3, -0.25) is 0 Å². The number of rotatable bonds is 2. The van der Waals surface area contributed by atoms with E-state index in [0.29, 0.717) is 11.1 Å². The summed E-state index contributed by atoms with van der Waals surface area (Å²) >= 11 is 0. The summed E-state index contributed by atoms with van der Waals surface area (Å²) in [7, 11) is 0. The van der Waals surface area contributed by atoms with E-state index in [1.54, 1.807) is 6.07 Å². The minimum atomic E-state index is -4.75. The third-order valence-corrected chi connectivity index (χ3v) is 2.30. The molecule has 0 aliphatic heterocycles. The Kier molecular flexibility index (Phi) is 3.20. The molecule has 7 heteroatoms. The fourth-order valence-electron chi connectivity index (χ4n) is 1.49. The summed E-state index contributed by atoms with van der Waals surface area (Å²) in [5.74, 6) is -0.632. The van der Waals surface area contributed by atoms with Crippen LogP contribution in [-0.4, -0.2) is 16.5 Å². The molecule has 0 spiro atoms. The number of alkyl halides is 3. The average molecular weight is 270 g/mol. The van der Waals surface area contributed by atoms with Gasteiger partial charge in [-0.1, -0.05) is 12.1 Å². The van der Waals surface area contributed by atoms with E-state index < -0.39 is 6.36 Å². The van der Waals surface area contributed by atoms with Crippen molar-refractivity contribution in [3.8, 4) is 22.6 Å². The molecule has 0 atom stereocenters. The Labute approximate surface area is 106 Å². The summed E-state index contributed by atoms with van der Waals surface area (Å²) in [6.07, 6.45) is -3.40. The fourth-order valence-corrected chi connectivity index (χ4v) is 1.49. The van der Waals surface area contributed by atoms with Gasteiger partial charge in [-0.2, -0.15) is 0 Å². The van der Waals surface area contributed by atoms with Gasteiger partial charge in [-0.15, -0.1) is 13.2 Å². The molecule has 0 radical (unpaired) electrons. The molecule has 1 heterocycles. The van der Waals surface area contributed by atoms with Crippen LogP contribution in [0, 0.1) is 0 Å². The van der Waals surface area contributed by atoms with Crippen LogP contribution in [0.15, 0.2) is 36.5 Å². The average Bonchev–Trinajstić information content (AvgIpc) is 2.31. The Morgan fingerprint density at radius 1 is 1.16 bits per heavy atom. The summed E-state index contributed by atoms with van der Waals surface area (Å²) in [5.41, 5.74) is 6.20. The molecular formula is C12H9F3N2O2. The first-order chi connectivity index (χ1) is 8.85. The van der Waals surface area contributed by atoms with Crippen molar-refractivity contribution in [2.45, 2.75) is 6.36 Å². The van der Waals surface area contributed by atoms with Crippen molar-refractivity contribution in [1.29, 1.82) is 0 Å². The Bertz CT molecular complexity index is 600. The summed E-state index contributed by atoms with van der Waals surface area (Å²) in [6, 6.07) is 6.66. The summed E-state index contributed by atoms with van der Waals surface area (Å²) in [4.78, 5) is 3.72. The highest BCUT2D eigenvalue weighted by molar-refractivity contribution is 5.67. The van der Waals surface area contributed by atoms with E-state index in [-0.39, 0.29) is 17.3 Å². The number of nitrogen functional groups attached to an aromatic ring is 1. The van der Waals surface area contributed by atoms with Crippen LogP contribution in [-0.2, 0) is 0 Å². The highest BCUT2D eigenvalue weighted by atomic mass is 19.4. The molecule has 19 heavy (non-hydrogen) atoms. The molecule has 2 rings (SSSR count). The first-order valence-electron chi connectivity index (χ1n) is 5.16. The highest BCUT2D eigenvalue weighted by Gasteiger charge is 2.31. The first kappa shape index (κ1) is 13.0. The van der Waals surface area contributed by atoms with Crippen LogP contribution in [0.4, 0.5) is 19.0 Å². The van der Waals surface area contributed by atoms with E-state index in [1.807, 2.05) is 0 Å². The van der Waals surface area contributed by atoms with Crippen LogP contribution in [0.2, 0.25) is 0 Å². The largest absolute Gasteiger partial charge is 0.573 e. The lowest BCUT2D eigenvalue weighted by atomic mass is 10.1. The molecule has 2 aromatic rings. The van der Waals surface area contributed by atoms with E-state index in [4.69, 9.17) is 5.73 Å². The second-order valence-electron chi connectivity index (χ2n) is 3.70. The lowest BCUT2D eigenvalue weighted by molar-refractivity contribution is -0.274. The minimum absolute atomic E-state index is 0.0496. The number of hydrogen-bond donors (Lipinski definition) is 2. The number of aromatic nitrogens is 1. The maximum atomic E-state index is 12.1. The molecule has 1 aromatic heterocycles. The molecule has 100 valence electrons. The van der Waals surface area contributed by atoms with Crippen molar-refractivity contribution in [2.75, 3.05) is 5.73 Å². The summed E-state index contributed by atoms with van der Waals surface area (Å²) in [5, 5.41) is 9.42. The number of ether oxygens (including phenoxy) is 1. The van der Waals surface area contributed by atoms with Gasteiger partial charge in [0.15, 0.2) is 11.6 Å². The maximum absolute atomic E-state index is 12.1. The van der Waals surface area contributed by atoms with Crippen molar-refractivity contribution in [2.24, 2.45) is 0 Å². The Morgan fingerprint density at radius 3 is 2.53 bits per heavy atom. The lowest BCUT2D eigenvalue weighted by Crippen LogP contribution is -2.17. The molecule has 3 N–H and O–H groups in total. The monoisotopic (exact) mass is 270 g/mol. The normalized spacial score (nSPS) is 11.3. The summed E-state index contributed by atoms with van der Waals surface area (Å²) < 4.78 is 40.1. The third-order valence-electron chi connectivity index (χ3n) is 2.30. The zero-order valence-corrected chi connectivity index (χ0v) is 9.48. The zero-order chi connectivity index (χ0) is 14.0. The highest BCUT2D eigenvalue weighted by Crippen LogP contribution is 2.30. The van der Waals surface area contributed by atoms with Gasteiger partial charge in [0, 0.05) is 11.8 Å². The van der Waals surface area contributed by atoms with Crippen LogP contribution in [0.1, 0.15) is 0 Å². The van der Waals surface area contributed by atoms with E-state index in [0.717, 1.165) is 0 Å². The van der Waals surface area contributed by atoms with Crippen molar-refractivity contribution in [3.63, 3.8) is 0 Å². The zero-order valence-electron chi connectivity index (χ0n) is 9.48. The van der Waals surface area contributed by atoms with Gasteiger partial charge in [-0.25, -0.2) is 4.98 Å². The minimum Gasteiger partial charge on any atom is -0.504 e. The molecule has 0 saturated carbocycles. The van der Waals surface area contributed by atoms with Gasteiger partial charge in [0.05, 0.1) is 0 Å². The number of pyridine rings is 1. The summed E-state index contributed by atoms with van der Waals surface area (Å²) in [6.45, 7) is 0. The fraction of sp³-hybridized carbons (Fsp3) is 0.0833. The molecule has 0 fully saturated rings.